The summed E-state index contributed by atoms with van der Waals surface area (Å²) in [5.74, 6) is 0.121. The van der Waals surface area contributed by atoms with Crippen LogP contribution in [0.5, 0.6) is 5.75 Å². The molecule has 0 aromatic heterocycles. The van der Waals surface area contributed by atoms with Crippen LogP contribution in [-0.2, 0) is 14.8 Å². The quantitative estimate of drug-likeness (QED) is 0.768. The van der Waals surface area contributed by atoms with Gasteiger partial charge < -0.3 is 10.1 Å². The molecule has 2 rings (SSSR count). The van der Waals surface area contributed by atoms with Gasteiger partial charge in [0.1, 0.15) is 5.75 Å². The lowest BCUT2D eigenvalue weighted by atomic mass is 10.1. The fourth-order valence-electron chi connectivity index (χ4n) is 2.62. The number of hydrogen-bond acceptors (Lipinski definition) is 4. The van der Waals surface area contributed by atoms with Crippen LogP contribution in [0, 0.1) is 0 Å². The first-order valence-electron chi connectivity index (χ1n) is 8.36. The number of nitrogens with zero attached hydrogens (tertiary/aromatic N) is 1. The van der Waals surface area contributed by atoms with Crippen molar-refractivity contribution in [2.75, 3.05) is 24.7 Å². The normalized spacial score (nSPS) is 12.6. The van der Waals surface area contributed by atoms with Gasteiger partial charge in [0.25, 0.3) is 0 Å². The number of carbonyl (C=O) groups excluding carboxylic acids is 1. The average Bonchev–Trinajstić information content (AvgIpc) is 2.61. The summed E-state index contributed by atoms with van der Waals surface area (Å²) in [6.45, 7) is 3.80. The van der Waals surface area contributed by atoms with E-state index in [0.29, 0.717) is 18.0 Å². The molecule has 0 heterocycles. The van der Waals surface area contributed by atoms with E-state index in [2.05, 4.69) is 5.32 Å². The van der Waals surface area contributed by atoms with Crippen LogP contribution in [0.25, 0.3) is 0 Å². The van der Waals surface area contributed by atoms with E-state index in [1.165, 1.54) is 4.31 Å². The van der Waals surface area contributed by atoms with Gasteiger partial charge in [-0.1, -0.05) is 42.5 Å². The van der Waals surface area contributed by atoms with Gasteiger partial charge in [0.15, 0.2) is 0 Å². The first kappa shape index (κ1) is 19.9. The molecule has 2 aromatic carbocycles. The molecule has 2 aromatic rings. The van der Waals surface area contributed by atoms with Crippen molar-refractivity contribution in [1.29, 1.82) is 0 Å². The van der Waals surface area contributed by atoms with Crippen LogP contribution in [0.3, 0.4) is 0 Å². The summed E-state index contributed by atoms with van der Waals surface area (Å²) in [6.07, 6.45) is 1.11. The number of rotatable bonds is 8. The zero-order chi connectivity index (χ0) is 19.2. The lowest BCUT2D eigenvalue weighted by Gasteiger charge is -2.26. The van der Waals surface area contributed by atoms with Gasteiger partial charge in [0.2, 0.25) is 15.9 Å². The highest BCUT2D eigenvalue weighted by Crippen LogP contribution is 2.25. The molecule has 0 fully saturated rings. The molecule has 0 aliphatic carbocycles. The lowest BCUT2D eigenvalue weighted by Crippen LogP contribution is -2.39. The molecule has 0 saturated heterocycles. The Morgan fingerprint density at radius 1 is 1.12 bits per heavy atom. The summed E-state index contributed by atoms with van der Waals surface area (Å²) >= 11 is 0. The summed E-state index contributed by atoms with van der Waals surface area (Å²) in [5.41, 5.74) is 1.33. The van der Waals surface area contributed by atoms with E-state index in [0.717, 1.165) is 11.8 Å². The first-order chi connectivity index (χ1) is 12.3. The Morgan fingerprint density at radius 2 is 1.73 bits per heavy atom. The van der Waals surface area contributed by atoms with Gasteiger partial charge in [0.05, 0.1) is 25.1 Å². The lowest BCUT2D eigenvalue weighted by molar-refractivity contribution is -0.116. The molecule has 6 nitrogen and oxygen atoms in total. The Labute approximate surface area is 154 Å². The monoisotopic (exact) mass is 376 g/mol. The number of amides is 1. The number of anilines is 1. The molecule has 7 heteroatoms. The Kier molecular flexibility index (Phi) is 6.76. The molecule has 0 spiro atoms. The first-order valence-corrected chi connectivity index (χ1v) is 10.2. The summed E-state index contributed by atoms with van der Waals surface area (Å²) in [7, 11) is -3.58. The molecule has 0 aliphatic rings. The predicted molar refractivity (Wildman–Crippen MR) is 103 cm³/mol. The second-order valence-electron chi connectivity index (χ2n) is 5.87. The molecule has 1 atom stereocenters. The molecule has 140 valence electrons. The number of para-hydroxylation sites is 2. The van der Waals surface area contributed by atoms with Gasteiger partial charge in [-0.15, -0.1) is 0 Å². The third-order valence-corrected chi connectivity index (χ3v) is 5.20. The van der Waals surface area contributed by atoms with Crippen molar-refractivity contribution >= 4 is 21.6 Å². The highest BCUT2D eigenvalue weighted by atomic mass is 32.2. The molecule has 0 saturated carbocycles. The zero-order valence-corrected chi connectivity index (χ0v) is 16.0. The van der Waals surface area contributed by atoms with Gasteiger partial charge in [-0.25, -0.2) is 8.42 Å². The minimum absolute atomic E-state index is 0.282. The third-order valence-electron chi connectivity index (χ3n) is 3.90. The molecule has 1 N–H and O–H groups in total. The second kappa shape index (κ2) is 8.82. The highest BCUT2D eigenvalue weighted by Gasteiger charge is 2.27. The topological polar surface area (TPSA) is 75.7 Å². The van der Waals surface area contributed by atoms with Crippen LogP contribution in [0.4, 0.5) is 5.69 Å². The molecule has 0 bridgehead atoms. The summed E-state index contributed by atoms with van der Waals surface area (Å²) in [6, 6.07) is 15.8. The standard InChI is InChI=1S/C19H24N2O4S/c1-4-25-18-13-9-8-12-17(18)20-19(22)14-21(26(3,23)24)15(2)16-10-6-5-7-11-16/h5-13,15H,4,14H2,1-3H3,(H,20,22). The number of ether oxygens (including phenoxy) is 1. The largest absolute Gasteiger partial charge is 0.492 e. The average molecular weight is 376 g/mol. The van der Waals surface area contributed by atoms with E-state index < -0.39 is 22.0 Å². The van der Waals surface area contributed by atoms with E-state index in [4.69, 9.17) is 4.74 Å². The summed E-state index contributed by atoms with van der Waals surface area (Å²) < 4.78 is 31.1. The molecular formula is C19H24N2O4S. The van der Waals surface area contributed by atoms with E-state index in [1.807, 2.05) is 37.3 Å². The molecule has 1 unspecified atom stereocenters. The van der Waals surface area contributed by atoms with Gasteiger partial charge in [0, 0.05) is 6.04 Å². The van der Waals surface area contributed by atoms with Crippen molar-refractivity contribution in [3.8, 4) is 5.75 Å². The fourth-order valence-corrected chi connectivity index (χ4v) is 3.67. The molecule has 0 radical (unpaired) electrons. The second-order valence-corrected chi connectivity index (χ2v) is 7.81. The Balaban J connectivity index is 2.18. The Hall–Kier alpha value is -2.38. The van der Waals surface area contributed by atoms with Crippen LogP contribution in [-0.4, -0.2) is 38.0 Å². The van der Waals surface area contributed by atoms with Crippen LogP contribution >= 0.6 is 0 Å². The number of sulfonamides is 1. The van der Waals surface area contributed by atoms with Crippen molar-refractivity contribution in [3.05, 3.63) is 60.2 Å². The van der Waals surface area contributed by atoms with Gasteiger partial charge >= 0.3 is 0 Å². The van der Waals surface area contributed by atoms with Crippen molar-refractivity contribution in [2.24, 2.45) is 0 Å². The molecule has 0 aliphatic heterocycles. The number of carbonyl (C=O) groups is 1. The smallest absolute Gasteiger partial charge is 0.239 e. The minimum Gasteiger partial charge on any atom is -0.492 e. The number of hydrogen-bond donors (Lipinski definition) is 1. The van der Waals surface area contributed by atoms with Gasteiger partial charge in [-0.3, -0.25) is 4.79 Å². The van der Waals surface area contributed by atoms with Crippen molar-refractivity contribution in [1.82, 2.24) is 4.31 Å². The number of nitrogens with one attached hydrogen (secondary N) is 1. The predicted octanol–water partition coefficient (Wildman–Crippen LogP) is 3.05. The Morgan fingerprint density at radius 3 is 2.35 bits per heavy atom. The number of benzene rings is 2. The summed E-state index contributed by atoms with van der Waals surface area (Å²) in [4.78, 5) is 12.5. The minimum atomic E-state index is -3.58. The van der Waals surface area contributed by atoms with Crippen LogP contribution in [0.15, 0.2) is 54.6 Å². The van der Waals surface area contributed by atoms with Crippen LogP contribution < -0.4 is 10.1 Å². The summed E-state index contributed by atoms with van der Waals surface area (Å²) in [5, 5.41) is 2.73. The van der Waals surface area contributed by atoms with Crippen LogP contribution in [0.1, 0.15) is 25.5 Å². The van der Waals surface area contributed by atoms with Crippen molar-refractivity contribution in [2.45, 2.75) is 19.9 Å². The fraction of sp³-hybridized carbons (Fsp3) is 0.316. The third kappa shape index (κ3) is 5.31. The maximum absolute atomic E-state index is 12.5. The van der Waals surface area contributed by atoms with Crippen molar-refractivity contribution in [3.63, 3.8) is 0 Å². The maximum Gasteiger partial charge on any atom is 0.239 e. The molecule has 1 amide bonds. The zero-order valence-electron chi connectivity index (χ0n) is 15.2. The molecular weight excluding hydrogens is 352 g/mol. The SMILES string of the molecule is CCOc1ccccc1NC(=O)CN(C(C)c1ccccc1)S(C)(=O)=O. The van der Waals surface area contributed by atoms with Gasteiger partial charge in [-0.2, -0.15) is 4.31 Å². The highest BCUT2D eigenvalue weighted by molar-refractivity contribution is 7.88. The van der Waals surface area contributed by atoms with Crippen LogP contribution in [0.2, 0.25) is 0 Å². The Bertz CT molecular complexity index is 838. The van der Waals surface area contributed by atoms with E-state index in [9.17, 15) is 13.2 Å². The van der Waals surface area contributed by atoms with Crippen molar-refractivity contribution < 1.29 is 17.9 Å². The van der Waals surface area contributed by atoms with Gasteiger partial charge in [-0.05, 0) is 31.5 Å². The van der Waals surface area contributed by atoms with E-state index in [-0.39, 0.29) is 6.54 Å². The van der Waals surface area contributed by atoms with E-state index >= 15 is 0 Å². The molecule has 26 heavy (non-hydrogen) atoms. The maximum atomic E-state index is 12.5. The van der Waals surface area contributed by atoms with E-state index in [1.54, 1.807) is 31.2 Å².